The topological polar surface area (TPSA) is 52.3 Å². The summed E-state index contributed by atoms with van der Waals surface area (Å²) >= 11 is 1.41. The van der Waals surface area contributed by atoms with Crippen molar-refractivity contribution < 1.29 is 9.53 Å². The van der Waals surface area contributed by atoms with Crippen molar-refractivity contribution in [1.82, 2.24) is 0 Å². The van der Waals surface area contributed by atoms with E-state index in [-0.39, 0.29) is 24.4 Å². The first kappa shape index (κ1) is 16.4. The van der Waals surface area contributed by atoms with Crippen molar-refractivity contribution in [3.8, 4) is 0 Å². The number of esters is 1. The number of ether oxygens (including phenoxy) is 1. The third-order valence-electron chi connectivity index (χ3n) is 2.03. The number of halogens is 1. The molecular formula is C12H20ClNO2S. The Balaban J connectivity index is 0.00000256. The predicted molar refractivity (Wildman–Crippen MR) is 74.0 cm³/mol. The molecule has 1 atom stereocenters. The molecule has 0 aliphatic carbocycles. The smallest absolute Gasteiger partial charge is 0.348 e. The normalized spacial score (nSPS) is 12.8. The molecule has 3 nitrogen and oxygen atoms in total. The van der Waals surface area contributed by atoms with E-state index in [0.29, 0.717) is 4.88 Å². The first-order valence-corrected chi connectivity index (χ1v) is 6.24. The maximum atomic E-state index is 11.7. The van der Waals surface area contributed by atoms with Crippen molar-refractivity contribution in [3.63, 3.8) is 0 Å². The van der Waals surface area contributed by atoms with Crippen LogP contribution in [0.2, 0.25) is 0 Å². The first-order chi connectivity index (χ1) is 7.33. The minimum atomic E-state index is -0.450. The molecule has 2 N–H and O–H groups in total. The summed E-state index contributed by atoms with van der Waals surface area (Å²) in [7, 11) is 0. The van der Waals surface area contributed by atoms with Gasteiger partial charge in [0.25, 0.3) is 0 Å². The maximum Gasteiger partial charge on any atom is 0.348 e. The van der Waals surface area contributed by atoms with Crippen LogP contribution >= 0.6 is 23.7 Å². The standard InChI is InChI=1S/C12H19NO2S.ClH/c1-5-8(13)9-6-7-10(16-9)11(14)15-12(2,3)4;/h6-8H,5,13H2,1-4H3;1H. The summed E-state index contributed by atoms with van der Waals surface area (Å²) in [5.41, 5.74) is 5.44. The Morgan fingerprint density at radius 1 is 1.47 bits per heavy atom. The van der Waals surface area contributed by atoms with E-state index in [9.17, 15) is 4.79 Å². The summed E-state index contributed by atoms with van der Waals surface area (Å²) in [6.07, 6.45) is 0.869. The van der Waals surface area contributed by atoms with E-state index >= 15 is 0 Å². The zero-order chi connectivity index (χ0) is 12.3. The van der Waals surface area contributed by atoms with Crippen LogP contribution in [0.1, 0.15) is 54.7 Å². The van der Waals surface area contributed by atoms with Gasteiger partial charge in [0.1, 0.15) is 10.5 Å². The summed E-state index contributed by atoms with van der Waals surface area (Å²) in [5.74, 6) is -0.271. The highest BCUT2D eigenvalue weighted by Crippen LogP contribution is 2.25. The van der Waals surface area contributed by atoms with Crippen LogP contribution in [0.3, 0.4) is 0 Å². The van der Waals surface area contributed by atoms with Crippen LogP contribution in [0.4, 0.5) is 0 Å². The second-order valence-electron chi connectivity index (χ2n) is 4.72. The first-order valence-electron chi connectivity index (χ1n) is 5.42. The van der Waals surface area contributed by atoms with E-state index in [0.717, 1.165) is 11.3 Å². The molecule has 0 aliphatic heterocycles. The third kappa shape index (κ3) is 5.06. The van der Waals surface area contributed by atoms with Crippen LogP contribution in [0.15, 0.2) is 12.1 Å². The maximum absolute atomic E-state index is 11.7. The molecule has 0 saturated heterocycles. The van der Waals surface area contributed by atoms with Gasteiger partial charge in [-0.05, 0) is 39.3 Å². The number of thiophene rings is 1. The molecule has 5 heteroatoms. The zero-order valence-electron chi connectivity index (χ0n) is 10.6. The Labute approximate surface area is 113 Å². The molecular weight excluding hydrogens is 258 g/mol. The molecule has 1 unspecified atom stereocenters. The third-order valence-corrected chi connectivity index (χ3v) is 3.23. The number of carbonyl (C=O) groups excluding carboxylic acids is 1. The minimum Gasteiger partial charge on any atom is -0.456 e. The van der Waals surface area contributed by atoms with Crippen LogP contribution < -0.4 is 5.73 Å². The van der Waals surface area contributed by atoms with Gasteiger partial charge >= 0.3 is 5.97 Å². The van der Waals surface area contributed by atoms with E-state index in [1.165, 1.54) is 11.3 Å². The molecule has 0 spiro atoms. The minimum absolute atomic E-state index is 0. The van der Waals surface area contributed by atoms with Crippen molar-refractivity contribution in [2.24, 2.45) is 5.73 Å². The molecule has 0 bridgehead atoms. The average Bonchev–Trinajstić information content (AvgIpc) is 2.62. The molecule has 0 amide bonds. The van der Waals surface area contributed by atoms with Crippen LogP contribution in [0.25, 0.3) is 0 Å². The van der Waals surface area contributed by atoms with Crippen LogP contribution in [0.5, 0.6) is 0 Å². The molecule has 17 heavy (non-hydrogen) atoms. The van der Waals surface area contributed by atoms with E-state index < -0.39 is 5.60 Å². The SMILES string of the molecule is CCC(N)c1ccc(C(=O)OC(C)(C)C)s1.Cl. The fraction of sp³-hybridized carbons (Fsp3) is 0.583. The lowest BCUT2D eigenvalue weighted by Gasteiger charge is -2.18. The lowest BCUT2D eigenvalue weighted by Crippen LogP contribution is -2.23. The molecule has 0 fully saturated rings. The predicted octanol–water partition coefficient (Wildman–Crippen LogP) is 3.54. The largest absolute Gasteiger partial charge is 0.456 e. The molecule has 1 rings (SSSR count). The van der Waals surface area contributed by atoms with Crippen molar-refractivity contribution in [3.05, 3.63) is 21.9 Å². The van der Waals surface area contributed by atoms with Crippen LogP contribution in [-0.4, -0.2) is 11.6 Å². The Bertz CT molecular complexity index is 371. The van der Waals surface area contributed by atoms with E-state index in [4.69, 9.17) is 10.5 Å². The Morgan fingerprint density at radius 3 is 2.53 bits per heavy atom. The van der Waals surface area contributed by atoms with Gasteiger partial charge in [-0.2, -0.15) is 0 Å². The number of carbonyl (C=O) groups is 1. The van der Waals surface area contributed by atoms with Gasteiger partial charge in [-0.15, -0.1) is 23.7 Å². The van der Waals surface area contributed by atoms with Crippen molar-refractivity contribution in [2.75, 3.05) is 0 Å². The van der Waals surface area contributed by atoms with E-state index in [2.05, 4.69) is 0 Å². The Hall–Kier alpha value is -0.580. The molecule has 0 saturated carbocycles. The highest BCUT2D eigenvalue weighted by Gasteiger charge is 2.20. The number of hydrogen-bond acceptors (Lipinski definition) is 4. The van der Waals surface area contributed by atoms with Crippen molar-refractivity contribution >= 4 is 29.7 Å². The zero-order valence-corrected chi connectivity index (χ0v) is 12.3. The quantitative estimate of drug-likeness (QED) is 0.860. The van der Waals surface area contributed by atoms with Gasteiger partial charge in [-0.25, -0.2) is 4.79 Å². The molecule has 1 aromatic heterocycles. The van der Waals surface area contributed by atoms with Gasteiger partial charge in [-0.1, -0.05) is 6.92 Å². The molecule has 98 valence electrons. The van der Waals surface area contributed by atoms with Crippen molar-refractivity contribution in [2.45, 2.75) is 45.8 Å². The molecule has 0 radical (unpaired) electrons. The number of nitrogens with two attached hydrogens (primary N) is 1. The summed E-state index contributed by atoms with van der Waals surface area (Å²) in [4.78, 5) is 13.4. The number of hydrogen-bond donors (Lipinski definition) is 1. The lowest BCUT2D eigenvalue weighted by molar-refractivity contribution is 0.00752. The molecule has 1 aromatic rings. The van der Waals surface area contributed by atoms with Gasteiger partial charge in [0, 0.05) is 10.9 Å². The van der Waals surface area contributed by atoms with E-state index in [1.807, 2.05) is 33.8 Å². The van der Waals surface area contributed by atoms with Gasteiger partial charge in [0.2, 0.25) is 0 Å². The summed E-state index contributed by atoms with van der Waals surface area (Å²) in [6, 6.07) is 3.70. The highest BCUT2D eigenvalue weighted by atomic mass is 35.5. The van der Waals surface area contributed by atoms with Crippen LogP contribution in [-0.2, 0) is 4.74 Å². The van der Waals surface area contributed by atoms with Gasteiger partial charge in [0.05, 0.1) is 0 Å². The highest BCUT2D eigenvalue weighted by molar-refractivity contribution is 7.14. The monoisotopic (exact) mass is 277 g/mol. The fourth-order valence-corrected chi connectivity index (χ4v) is 2.16. The summed E-state index contributed by atoms with van der Waals surface area (Å²) < 4.78 is 5.28. The Kier molecular flexibility index (Phi) is 6.16. The van der Waals surface area contributed by atoms with Gasteiger partial charge < -0.3 is 10.5 Å². The lowest BCUT2D eigenvalue weighted by atomic mass is 10.2. The second kappa shape index (κ2) is 6.38. The van der Waals surface area contributed by atoms with Crippen molar-refractivity contribution in [1.29, 1.82) is 0 Å². The fourth-order valence-electron chi connectivity index (χ4n) is 1.19. The van der Waals surface area contributed by atoms with E-state index in [1.54, 1.807) is 6.07 Å². The molecule has 0 aliphatic rings. The summed E-state index contributed by atoms with van der Waals surface area (Å²) in [5, 5.41) is 0. The average molecular weight is 278 g/mol. The Morgan fingerprint density at radius 2 is 2.06 bits per heavy atom. The molecule has 0 aromatic carbocycles. The van der Waals surface area contributed by atoms with Gasteiger partial charge in [-0.3, -0.25) is 0 Å². The number of rotatable bonds is 3. The molecule has 1 heterocycles. The van der Waals surface area contributed by atoms with Gasteiger partial charge in [0.15, 0.2) is 0 Å². The summed E-state index contributed by atoms with van der Waals surface area (Å²) in [6.45, 7) is 7.60. The van der Waals surface area contributed by atoms with Crippen LogP contribution in [0, 0.1) is 0 Å². The second-order valence-corrected chi connectivity index (χ2v) is 5.83.